The largest absolute Gasteiger partial charge is 0.494 e. The Labute approximate surface area is 147 Å². The summed E-state index contributed by atoms with van der Waals surface area (Å²) >= 11 is 0. The summed E-state index contributed by atoms with van der Waals surface area (Å²) in [6.45, 7) is 4.15. The van der Waals surface area contributed by atoms with Gasteiger partial charge in [-0.3, -0.25) is 9.78 Å². The molecule has 1 aromatic heterocycles. The SMILES string of the molecule is COc1cc(NCc2ccc3nc(C)ccc3c2)ccc1NC(C)=O. The molecule has 1 amide bonds. The average molecular weight is 335 g/mol. The van der Waals surface area contributed by atoms with Gasteiger partial charge in [0.1, 0.15) is 5.75 Å². The number of aryl methyl sites for hydroxylation is 1. The van der Waals surface area contributed by atoms with E-state index in [1.807, 2.05) is 37.3 Å². The van der Waals surface area contributed by atoms with Gasteiger partial charge in [0.25, 0.3) is 0 Å². The molecule has 2 aromatic carbocycles. The third-order valence-electron chi connectivity index (χ3n) is 3.90. The summed E-state index contributed by atoms with van der Waals surface area (Å²) in [4.78, 5) is 15.7. The number of benzene rings is 2. The van der Waals surface area contributed by atoms with Gasteiger partial charge in [-0.15, -0.1) is 0 Å². The van der Waals surface area contributed by atoms with Crippen molar-refractivity contribution >= 4 is 28.2 Å². The molecule has 0 aliphatic rings. The van der Waals surface area contributed by atoms with Gasteiger partial charge < -0.3 is 15.4 Å². The first-order valence-electron chi connectivity index (χ1n) is 8.11. The number of hydrogen-bond acceptors (Lipinski definition) is 4. The minimum absolute atomic E-state index is 0.126. The van der Waals surface area contributed by atoms with Crippen LogP contribution in [0, 0.1) is 6.92 Å². The van der Waals surface area contributed by atoms with E-state index in [4.69, 9.17) is 4.74 Å². The normalized spacial score (nSPS) is 10.5. The number of nitrogens with one attached hydrogen (secondary N) is 2. The number of amides is 1. The number of rotatable bonds is 5. The molecule has 0 saturated carbocycles. The number of ether oxygens (including phenoxy) is 1. The maximum Gasteiger partial charge on any atom is 0.221 e. The van der Waals surface area contributed by atoms with Crippen LogP contribution in [0.1, 0.15) is 18.2 Å². The van der Waals surface area contributed by atoms with E-state index in [0.717, 1.165) is 22.3 Å². The van der Waals surface area contributed by atoms with Gasteiger partial charge in [-0.05, 0) is 42.8 Å². The lowest BCUT2D eigenvalue weighted by molar-refractivity contribution is -0.114. The number of carbonyl (C=O) groups excluding carboxylic acids is 1. The summed E-state index contributed by atoms with van der Waals surface area (Å²) in [6, 6.07) is 16.0. The maximum absolute atomic E-state index is 11.2. The standard InChI is InChI=1S/C20H21N3O2/c1-13-4-6-16-10-15(5-8-18(16)22-13)12-21-17-7-9-19(23-14(2)24)20(11-17)25-3/h4-11,21H,12H2,1-3H3,(H,23,24). The van der Waals surface area contributed by atoms with Gasteiger partial charge in [0.05, 0.1) is 18.3 Å². The highest BCUT2D eigenvalue weighted by atomic mass is 16.5. The van der Waals surface area contributed by atoms with Crippen LogP contribution < -0.4 is 15.4 Å². The number of anilines is 2. The zero-order chi connectivity index (χ0) is 17.8. The van der Waals surface area contributed by atoms with Crippen molar-refractivity contribution in [1.82, 2.24) is 4.98 Å². The average Bonchev–Trinajstić information content (AvgIpc) is 2.60. The molecular formula is C20H21N3O2. The first-order chi connectivity index (χ1) is 12.0. The maximum atomic E-state index is 11.2. The van der Waals surface area contributed by atoms with Crippen LogP contribution in [0.5, 0.6) is 5.75 Å². The molecule has 0 spiro atoms. The van der Waals surface area contributed by atoms with Crippen LogP contribution in [0.4, 0.5) is 11.4 Å². The predicted octanol–water partition coefficient (Wildman–Crippen LogP) is 4.12. The van der Waals surface area contributed by atoms with E-state index >= 15 is 0 Å². The molecule has 3 aromatic rings. The summed E-state index contributed by atoms with van der Waals surface area (Å²) in [5, 5.41) is 7.26. The zero-order valence-corrected chi connectivity index (χ0v) is 14.6. The van der Waals surface area contributed by atoms with E-state index in [1.54, 1.807) is 7.11 Å². The molecular weight excluding hydrogens is 314 g/mol. The van der Waals surface area contributed by atoms with Crippen LogP contribution in [0.2, 0.25) is 0 Å². The third kappa shape index (κ3) is 4.07. The van der Waals surface area contributed by atoms with Gasteiger partial charge in [0.2, 0.25) is 5.91 Å². The van der Waals surface area contributed by atoms with Crippen molar-refractivity contribution in [3.8, 4) is 5.75 Å². The molecule has 2 N–H and O–H groups in total. The van der Waals surface area contributed by atoms with E-state index in [-0.39, 0.29) is 5.91 Å². The lowest BCUT2D eigenvalue weighted by Gasteiger charge is -2.12. The Morgan fingerprint density at radius 1 is 1.12 bits per heavy atom. The van der Waals surface area contributed by atoms with Gasteiger partial charge in [0.15, 0.2) is 0 Å². The molecule has 1 heterocycles. The van der Waals surface area contributed by atoms with Crippen LogP contribution in [0.3, 0.4) is 0 Å². The Morgan fingerprint density at radius 3 is 2.72 bits per heavy atom. The van der Waals surface area contributed by atoms with E-state index in [9.17, 15) is 4.79 Å². The summed E-state index contributed by atoms with van der Waals surface area (Å²) in [6.07, 6.45) is 0. The van der Waals surface area contributed by atoms with E-state index < -0.39 is 0 Å². The van der Waals surface area contributed by atoms with Crippen molar-refractivity contribution in [1.29, 1.82) is 0 Å². The summed E-state index contributed by atoms with van der Waals surface area (Å²) in [7, 11) is 1.59. The number of methoxy groups -OCH3 is 1. The summed E-state index contributed by atoms with van der Waals surface area (Å²) < 4.78 is 5.34. The highest BCUT2D eigenvalue weighted by Gasteiger charge is 2.06. The van der Waals surface area contributed by atoms with Crippen molar-refractivity contribution in [3.63, 3.8) is 0 Å². The van der Waals surface area contributed by atoms with Crippen LogP contribution in [-0.4, -0.2) is 18.0 Å². The third-order valence-corrected chi connectivity index (χ3v) is 3.90. The molecule has 0 aliphatic carbocycles. The first kappa shape index (κ1) is 16.8. The fraction of sp³-hybridized carbons (Fsp3) is 0.200. The second kappa shape index (κ2) is 7.21. The highest BCUT2D eigenvalue weighted by Crippen LogP contribution is 2.28. The molecule has 0 fully saturated rings. The molecule has 0 aliphatic heterocycles. The van der Waals surface area contributed by atoms with Crippen molar-refractivity contribution in [2.75, 3.05) is 17.7 Å². The van der Waals surface area contributed by atoms with Crippen molar-refractivity contribution in [2.45, 2.75) is 20.4 Å². The van der Waals surface area contributed by atoms with Crippen LogP contribution in [0.15, 0.2) is 48.5 Å². The molecule has 0 unspecified atom stereocenters. The van der Waals surface area contributed by atoms with Crippen LogP contribution >= 0.6 is 0 Å². The number of nitrogens with zero attached hydrogens (tertiary/aromatic N) is 1. The van der Waals surface area contributed by atoms with Gasteiger partial charge in [-0.25, -0.2) is 0 Å². The lowest BCUT2D eigenvalue weighted by Crippen LogP contribution is -2.07. The number of fused-ring (bicyclic) bond motifs is 1. The monoisotopic (exact) mass is 335 g/mol. The van der Waals surface area contributed by atoms with Crippen LogP contribution in [-0.2, 0) is 11.3 Å². The predicted molar refractivity (Wildman–Crippen MR) is 101 cm³/mol. The van der Waals surface area contributed by atoms with E-state index in [2.05, 4.69) is 33.8 Å². The van der Waals surface area contributed by atoms with E-state index in [1.165, 1.54) is 12.5 Å². The second-order valence-corrected chi connectivity index (χ2v) is 5.93. The van der Waals surface area contributed by atoms with Gasteiger partial charge in [0, 0.05) is 36.3 Å². The zero-order valence-electron chi connectivity index (χ0n) is 14.6. The fourth-order valence-electron chi connectivity index (χ4n) is 2.69. The highest BCUT2D eigenvalue weighted by molar-refractivity contribution is 5.90. The fourth-order valence-corrected chi connectivity index (χ4v) is 2.69. The quantitative estimate of drug-likeness (QED) is 0.736. The van der Waals surface area contributed by atoms with Crippen LogP contribution in [0.25, 0.3) is 10.9 Å². The Morgan fingerprint density at radius 2 is 1.96 bits per heavy atom. The summed E-state index contributed by atoms with van der Waals surface area (Å²) in [5.41, 5.74) is 4.78. The van der Waals surface area contributed by atoms with E-state index in [0.29, 0.717) is 18.0 Å². The first-order valence-corrected chi connectivity index (χ1v) is 8.11. The molecule has 5 nitrogen and oxygen atoms in total. The molecule has 128 valence electrons. The Bertz CT molecular complexity index is 922. The molecule has 0 bridgehead atoms. The molecule has 3 rings (SSSR count). The second-order valence-electron chi connectivity index (χ2n) is 5.93. The number of aromatic nitrogens is 1. The molecule has 0 atom stereocenters. The minimum atomic E-state index is -0.126. The number of pyridine rings is 1. The van der Waals surface area contributed by atoms with Crippen molar-refractivity contribution < 1.29 is 9.53 Å². The van der Waals surface area contributed by atoms with Gasteiger partial charge >= 0.3 is 0 Å². The smallest absolute Gasteiger partial charge is 0.221 e. The summed E-state index contributed by atoms with van der Waals surface area (Å²) in [5.74, 6) is 0.498. The molecule has 0 radical (unpaired) electrons. The topological polar surface area (TPSA) is 63.2 Å². The Balaban J connectivity index is 1.74. The Hall–Kier alpha value is -3.08. The lowest BCUT2D eigenvalue weighted by atomic mass is 10.1. The van der Waals surface area contributed by atoms with Crippen molar-refractivity contribution in [3.05, 3.63) is 59.8 Å². The number of carbonyl (C=O) groups is 1. The Kier molecular flexibility index (Phi) is 4.84. The van der Waals surface area contributed by atoms with Gasteiger partial charge in [-0.1, -0.05) is 12.1 Å². The number of hydrogen-bond donors (Lipinski definition) is 2. The molecule has 0 saturated heterocycles. The molecule has 25 heavy (non-hydrogen) atoms. The minimum Gasteiger partial charge on any atom is -0.494 e. The van der Waals surface area contributed by atoms with Crippen molar-refractivity contribution in [2.24, 2.45) is 0 Å². The molecule has 5 heteroatoms. The van der Waals surface area contributed by atoms with Gasteiger partial charge in [-0.2, -0.15) is 0 Å².